The first-order valence-corrected chi connectivity index (χ1v) is 9.63. The van der Waals surface area contributed by atoms with E-state index in [0.717, 1.165) is 41.6 Å². The van der Waals surface area contributed by atoms with Crippen LogP contribution in [0.2, 0.25) is 0 Å². The second kappa shape index (κ2) is 9.47. The molecule has 0 aromatic carbocycles. The number of nitrogens with one attached hydrogen (secondary N) is 1. The molecule has 0 radical (unpaired) electrons. The summed E-state index contributed by atoms with van der Waals surface area (Å²) in [5.41, 5.74) is 2.53. The largest absolute Gasteiger partial charge is 0.490 e. The molecule has 1 fully saturated rings. The average Bonchev–Trinajstić information content (AvgIpc) is 3.52. The molecule has 32 heavy (non-hydrogen) atoms. The lowest BCUT2D eigenvalue weighted by Crippen LogP contribution is -2.21. The van der Waals surface area contributed by atoms with Gasteiger partial charge in [-0.25, -0.2) is 14.8 Å². The second-order valence-electron chi connectivity index (χ2n) is 7.30. The van der Waals surface area contributed by atoms with Crippen LogP contribution >= 0.6 is 0 Å². The molecule has 0 amide bonds. The lowest BCUT2D eigenvalue weighted by Gasteiger charge is -2.21. The third-order valence-corrected chi connectivity index (χ3v) is 5.31. The van der Waals surface area contributed by atoms with Gasteiger partial charge in [0, 0.05) is 29.3 Å². The molecule has 3 heterocycles. The lowest BCUT2D eigenvalue weighted by atomic mass is 9.95. The Bertz CT molecular complexity index is 1170. The van der Waals surface area contributed by atoms with Crippen molar-refractivity contribution in [3.8, 4) is 23.4 Å². The molecule has 1 saturated carbocycles. The molecule has 3 atom stereocenters. The van der Waals surface area contributed by atoms with E-state index < -0.39 is 12.1 Å². The van der Waals surface area contributed by atoms with Crippen LogP contribution in [0.5, 0.6) is 0 Å². The number of carboxylic acid groups (broad SMARTS) is 1. The number of nitriles is 2. The highest BCUT2D eigenvalue weighted by Crippen LogP contribution is 2.39. The van der Waals surface area contributed by atoms with Crippen LogP contribution in [0.4, 0.5) is 13.2 Å². The molecule has 3 aromatic heterocycles. The number of carbonyl (C=O) groups is 1. The van der Waals surface area contributed by atoms with Crippen molar-refractivity contribution in [3.63, 3.8) is 0 Å². The number of H-pyrrole nitrogens is 1. The van der Waals surface area contributed by atoms with Crippen molar-refractivity contribution < 1.29 is 23.1 Å². The molecule has 0 saturated heterocycles. The normalized spacial score (nSPS) is 18.9. The van der Waals surface area contributed by atoms with Gasteiger partial charge in [0.2, 0.25) is 0 Å². The minimum absolute atomic E-state index is 0.000604. The molecule has 3 unspecified atom stereocenters. The first kappa shape index (κ1) is 22.7. The zero-order chi connectivity index (χ0) is 23.3. The number of fused-ring (bicyclic) bond motifs is 1. The monoisotopic (exact) mass is 445 g/mol. The Labute approximate surface area is 180 Å². The van der Waals surface area contributed by atoms with E-state index in [1.54, 1.807) is 6.20 Å². The minimum Gasteiger partial charge on any atom is -0.475 e. The van der Waals surface area contributed by atoms with Crippen molar-refractivity contribution in [2.45, 2.75) is 37.9 Å². The van der Waals surface area contributed by atoms with Crippen molar-refractivity contribution in [3.05, 3.63) is 31.0 Å². The van der Waals surface area contributed by atoms with Gasteiger partial charge in [0.1, 0.15) is 12.0 Å². The van der Waals surface area contributed by atoms with Gasteiger partial charge in [-0.1, -0.05) is 0 Å². The van der Waals surface area contributed by atoms with E-state index in [1.807, 2.05) is 23.1 Å². The van der Waals surface area contributed by atoms with Crippen LogP contribution in [0.25, 0.3) is 22.3 Å². The highest BCUT2D eigenvalue weighted by Gasteiger charge is 2.38. The topological polar surface area (TPSA) is 144 Å². The molecule has 166 valence electrons. The van der Waals surface area contributed by atoms with Gasteiger partial charge in [-0.15, -0.1) is 0 Å². The van der Waals surface area contributed by atoms with Gasteiger partial charge < -0.3 is 10.1 Å². The zero-order valence-electron chi connectivity index (χ0n) is 16.6. The maximum Gasteiger partial charge on any atom is 0.490 e. The Morgan fingerprint density at radius 3 is 2.72 bits per heavy atom. The van der Waals surface area contributed by atoms with Crippen molar-refractivity contribution >= 4 is 17.0 Å². The maximum absolute atomic E-state index is 10.6. The number of nitrogens with zero attached hydrogens (tertiary/aromatic N) is 6. The van der Waals surface area contributed by atoms with Crippen LogP contribution in [0.3, 0.4) is 0 Å². The number of hydrogen-bond acceptors (Lipinski definition) is 6. The van der Waals surface area contributed by atoms with Crippen LogP contribution < -0.4 is 0 Å². The fraction of sp³-hybridized carbons (Fsp3) is 0.400. The molecule has 9 nitrogen and oxygen atoms in total. The Kier molecular flexibility index (Phi) is 6.73. The van der Waals surface area contributed by atoms with Crippen LogP contribution in [0.15, 0.2) is 31.0 Å². The van der Waals surface area contributed by atoms with Crippen LogP contribution in [0, 0.1) is 34.5 Å². The van der Waals surface area contributed by atoms with Gasteiger partial charge in [-0.05, 0) is 31.2 Å². The summed E-state index contributed by atoms with van der Waals surface area (Å²) >= 11 is 0. The molecular weight excluding hydrogens is 427 g/mol. The summed E-state index contributed by atoms with van der Waals surface area (Å²) in [6.07, 6.45) is 5.15. The number of aromatic amines is 1. The van der Waals surface area contributed by atoms with Crippen LogP contribution in [0.1, 0.15) is 31.7 Å². The fourth-order valence-electron chi connectivity index (χ4n) is 3.80. The van der Waals surface area contributed by atoms with E-state index in [2.05, 4.69) is 32.2 Å². The number of rotatable bonds is 4. The molecule has 3 aromatic rings. The first-order chi connectivity index (χ1) is 15.2. The molecule has 0 aliphatic heterocycles. The van der Waals surface area contributed by atoms with Gasteiger partial charge >= 0.3 is 12.1 Å². The molecular formula is C20H18F3N7O2. The van der Waals surface area contributed by atoms with Crippen molar-refractivity contribution in [2.75, 3.05) is 0 Å². The Morgan fingerprint density at radius 1 is 1.34 bits per heavy atom. The standard InChI is InChI=1S/C18H17N7.C2HF3O2/c19-5-3-16(13-2-1-12(7-13)8-20)25-10-14(9-24-25)17-15-4-6-21-18(15)23-11-22-17;3-2(4,5)1(6)7/h4,6,9-13,16H,1-3,7H2,(H,21,22,23);(H,6,7). The second-order valence-corrected chi connectivity index (χ2v) is 7.30. The third-order valence-electron chi connectivity index (χ3n) is 5.31. The van der Waals surface area contributed by atoms with Crippen molar-refractivity contribution in [1.82, 2.24) is 24.7 Å². The molecule has 1 aliphatic rings. The molecule has 0 spiro atoms. The summed E-state index contributed by atoms with van der Waals surface area (Å²) in [4.78, 5) is 20.6. The van der Waals surface area contributed by atoms with E-state index in [4.69, 9.17) is 15.2 Å². The fourth-order valence-corrected chi connectivity index (χ4v) is 3.80. The summed E-state index contributed by atoms with van der Waals surface area (Å²) in [6, 6.07) is 6.58. The van der Waals surface area contributed by atoms with Crippen LogP contribution in [-0.2, 0) is 4.79 Å². The molecule has 12 heteroatoms. The van der Waals surface area contributed by atoms with Crippen molar-refractivity contribution in [2.24, 2.45) is 11.8 Å². The van der Waals surface area contributed by atoms with Gasteiger partial charge in [0.15, 0.2) is 0 Å². The molecule has 1 aliphatic carbocycles. The van der Waals surface area contributed by atoms with Gasteiger partial charge in [0.25, 0.3) is 0 Å². The first-order valence-electron chi connectivity index (χ1n) is 9.63. The van der Waals surface area contributed by atoms with E-state index in [-0.39, 0.29) is 12.0 Å². The molecule has 0 bridgehead atoms. The zero-order valence-corrected chi connectivity index (χ0v) is 16.6. The summed E-state index contributed by atoms with van der Waals surface area (Å²) in [5, 5.41) is 31.0. The number of aliphatic carboxylic acids is 1. The summed E-state index contributed by atoms with van der Waals surface area (Å²) in [7, 11) is 0. The lowest BCUT2D eigenvalue weighted by molar-refractivity contribution is -0.192. The summed E-state index contributed by atoms with van der Waals surface area (Å²) < 4.78 is 33.6. The smallest absolute Gasteiger partial charge is 0.475 e. The Hall–Kier alpha value is -3.93. The van der Waals surface area contributed by atoms with E-state index in [1.165, 1.54) is 6.33 Å². The number of hydrogen-bond donors (Lipinski definition) is 2. The van der Waals surface area contributed by atoms with E-state index >= 15 is 0 Å². The number of alkyl halides is 3. The van der Waals surface area contributed by atoms with Gasteiger partial charge in [-0.3, -0.25) is 4.68 Å². The quantitative estimate of drug-likeness (QED) is 0.620. The van der Waals surface area contributed by atoms with Crippen molar-refractivity contribution in [1.29, 1.82) is 10.5 Å². The predicted octanol–water partition coefficient (Wildman–Crippen LogP) is 3.85. The van der Waals surface area contributed by atoms with Gasteiger partial charge in [-0.2, -0.15) is 28.8 Å². The highest BCUT2D eigenvalue weighted by atomic mass is 19.4. The SMILES string of the molecule is N#CCC(C1CCC(C#N)C1)n1cc(-c2ncnc3[nH]ccc23)cn1.O=C(O)C(F)(F)F. The number of carboxylic acids is 1. The predicted molar refractivity (Wildman–Crippen MR) is 105 cm³/mol. The molecule has 4 rings (SSSR count). The Morgan fingerprint density at radius 2 is 2.09 bits per heavy atom. The summed E-state index contributed by atoms with van der Waals surface area (Å²) in [6.45, 7) is 0. The average molecular weight is 445 g/mol. The summed E-state index contributed by atoms with van der Waals surface area (Å²) in [5.74, 6) is -2.34. The third kappa shape index (κ3) is 5.03. The van der Waals surface area contributed by atoms with E-state index in [0.29, 0.717) is 12.3 Å². The Balaban J connectivity index is 0.000000360. The maximum atomic E-state index is 10.6. The number of halogens is 3. The van der Waals surface area contributed by atoms with Crippen LogP contribution in [-0.4, -0.2) is 42.0 Å². The minimum atomic E-state index is -5.08. The highest BCUT2D eigenvalue weighted by molar-refractivity contribution is 5.89. The van der Waals surface area contributed by atoms with Gasteiger partial charge in [0.05, 0.1) is 36.5 Å². The number of aromatic nitrogens is 5. The molecule has 2 N–H and O–H groups in total. The van der Waals surface area contributed by atoms with E-state index in [9.17, 15) is 18.4 Å².